The number of fused-ring (bicyclic) bond motifs is 1. The third kappa shape index (κ3) is 5.76. The molecule has 0 bridgehead atoms. The molecule has 6 heteroatoms. The van der Waals surface area contributed by atoms with Crippen molar-refractivity contribution in [3.8, 4) is 5.75 Å². The second-order valence-corrected chi connectivity index (χ2v) is 8.08. The van der Waals surface area contributed by atoms with E-state index in [2.05, 4.69) is 42.7 Å². The van der Waals surface area contributed by atoms with Gasteiger partial charge in [0.25, 0.3) is 0 Å². The fourth-order valence-electron chi connectivity index (χ4n) is 2.96. The molecule has 1 heterocycles. The number of ether oxygens (including phenoxy) is 1. The molecule has 0 saturated heterocycles. The Kier molecular flexibility index (Phi) is 6.98. The van der Waals surface area contributed by atoms with Crippen molar-refractivity contribution in [2.75, 3.05) is 24.2 Å². The normalized spacial score (nSPS) is 12.9. The van der Waals surface area contributed by atoms with Crippen molar-refractivity contribution in [3.05, 3.63) is 53.1 Å². The highest BCUT2D eigenvalue weighted by atomic mass is 32.2. The molecule has 0 fully saturated rings. The van der Waals surface area contributed by atoms with Crippen molar-refractivity contribution in [3.63, 3.8) is 0 Å². The van der Waals surface area contributed by atoms with Crippen molar-refractivity contribution in [1.29, 1.82) is 0 Å². The summed E-state index contributed by atoms with van der Waals surface area (Å²) in [5.74, 6) is 1.60. The Morgan fingerprint density at radius 3 is 2.82 bits per heavy atom. The molecule has 0 aliphatic carbocycles. The summed E-state index contributed by atoms with van der Waals surface area (Å²) >= 11 is 1.70. The summed E-state index contributed by atoms with van der Waals surface area (Å²) in [6.07, 6.45) is 1.72. The van der Waals surface area contributed by atoms with Crippen molar-refractivity contribution in [2.45, 2.75) is 38.0 Å². The van der Waals surface area contributed by atoms with Crippen LogP contribution in [0.5, 0.6) is 5.75 Å². The van der Waals surface area contributed by atoms with E-state index in [9.17, 15) is 9.59 Å². The van der Waals surface area contributed by atoms with E-state index in [0.29, 0.717) is 26.0 Å². The van der Waals surface area contributed by atoms with Crippen LogP contribution in [0.4, 0.5) is 5.69 Å². The van der Waals surface area contributed by atoms with E-state index in [1.165, 1.54) is 16.0 Å². The Hall–Kier alpha value is -2.47. The van der Waals surface area contributed by atoms with Crippen LogP contribution in [0.1, 0.15) is 29.5 Å². The molecule has 0 spiro atoms. The van der Waals surface area contributed by atoms with Crippen molar-refractivity contribution < 1.29 is 14.3 Å². The van der Waals surface area contributed by atoms with Crippen LogP contribution in [0, 0.1) is 13.8 Å². The van der Waals surface area contributed by atoms with E-state index >= 15 is 0 Å². The number of hydrogen-bond acceptors (Lipinski definition) is 4. The van der Waals surface area contributed by atoms with E-state index in [0.717, 1.165) is 29.2 Å². The van der Waals surface area contributed by atoms with Crippen LogP contribution in [0.25, 0.3) is 0 Å². The van der Waals surface area contributed by atoms with Crippen molar-refractivity contribution in [2.24, 2.45) is 0 Å². The smallest absolute Gasteiger partial charge is 0.224 e. The number of thioether (sulfide) groups is 1. The molecule has 2 aromatic rings. The van der Waals surface area contributed by atoms with Gasteiger partial charge in [-0.2, -0.15) is 0 Å². The van der Waals surface area contributed by atoms with Gasteiger partial charge < -0.3 is 15.4 Å². The lowest BCUT2D eigenvalue weighted by Crippen LogP contribution is -2.28. The van der Waals surface area contributed by atoms with E-state index in [-0.39, 0.29) is 11.8 Å². The monoisotopic (exact) mass is 398 g/mol. The molecule has 28 heavy (non-hydrogen) atoms. The zero-order chi connectivity index (χ0) is 19.9. The Labute approximate surface area is 170 Å². The Bertz CT molecular complexity index is 867. The number of nitrogens with one attached hydrogen (secondary N) is 2. The summed E-state index contributed by atoms with van der Waals surface area (Å²) in [6, 6.07) is 12.0. The Balaban J connectivity index is 1.33. The number of carbonyl (C=O) groups excluding carboxylic acids is 2. The van der Waals surface area contributed by atoms with Gasteiger partial charge in [0.1, 0.15) is 12.4 Å². The lowest BCUT2D eigenvalue weighted by atomic mass is 10.0. The van der Waals surface area contributed by atoms with Gasteiger partial charge in [-0.05, 0) is 67.3 Å². The second-order valence-electron chi connectivity index (χ2n) is 6.91. The van der Waals surface area contributed by atoms with Crippen LogP contribution < -0.4 is 15.4 Å². The maximum absolute atomic E-state index is 12.0. The highest BCUT2D eigenvalue weighted by Crippen LogP contribution is 2.26. The quantitative estimate of drug-likeness (QED) is 0.523. The molecule has 148 valence electrons. The lowest BCUT2D eigenvalue weighted by molar-refractivity contribution is -0.120. The van der Waals surface area contributed by atoms with Gasteiger partial charge in [-0.15, -0.1) is 11.8 Å². The van der Waals surface area contributed by atoms with Crippen molar-refractivity contribution in [1.82, 2.24) is 5.32 Å². The fourth-order valence-corrected chi connectivity index (χ4v) is 3.91. The summed E-state index contributed by atoms with van der Waals surface area (Å²) in [6.45, 7) is 5.09. The van der Waals surface area contributed by atoms with Crippen LogP contribution in [-0.2, 0) is 16.0 Å². The molecular formula is C22H26N2O3S. The average molecular weight is 399 g/mol. The molecule has 0 unspecified atom stereocenters. The standard InChI is InChI=1S/C22H26N2O3S/c1-15-3-6-19(13-16(15)2)28-12-9-21(25)23-10-11-27-18-5-7-20-17(14-18)4-8-22(26)24-20/h3,5-7,13-14H,4,8-12H2,1-2H3,(H,23,25)(H,24,26). The predicted molar refractivity (Wildman–Crippen MR) is 113 cm³/mol. The van der Waals surface area contributed by atoms with Gasteiger partial charge in [0.2, 0.25) is 11.8 Å². The highest BCUT2D eigenvalue weighted by Gasteiger charge is 2.15. The number of hydrogen-bond donors (Lipinski definition) is 2. The van der Waals surface area contributed by atoms with E-state index in [1.54, 1.807) is 11.8 Å². The van der Waals surface area contributed by atoms with Gasteiger partial charge >= 0.3 is 0 Å². The van der Waals surface area contributed by atoms with Gasteiger partial charge in [-0.25, -0.2) is 0 Å². The first-order valence-electron chi connectivity index (χ1n) is 9.53. The summed E-state index contributed by atoms with van der Waals surface area (Å²) < 4.78 is 5.71. The molecule has 5 nitrogen and oxygen atoms in total. The maximum atomic E-state index is 12.0. The van der Waals surface area contributed by atoms with Gasteiger partial charge in [0.05, 0.1) is 6.54 Å². The second kappa shape index (κ2) is 9.64. The van der Waals surface area contributed by atoms with E-state index in [1.807, 2.05) is 18.2 Å². The number of aryl methyl sites for hydroxylation is 3. The zero-order valence-corrected chi connectivity index (χ0v) is 17.2. The largest absolute Gasteiger partial charge is 0.492 e. The first kappa shape index (κ1) is 20.3. The molecule has 2 amide bonds. The van der Waals surface area contributed by atoms with Crippen molar-refractivity contribution >= 4 is 29.3 Å². The number of carbonyl (C=O) groups is 2. The number of benzene rings is 2. The molecule has 0 radical (unpaired) electrons. The van der Waals surface area contributed by atoms with Crippen LogP contribution in [0.15, 0.2) is 41.3 Å². The molecule has 1 aliphatic rings. The van der Waals surface area contributed by atoms with Crippen LogP contribution in [-0.4, -0.2) is 30.7 Å². The molecule has 1 aliphatic heterocycles. The topological polar surface area (TPSA) is 67.4 Å². The minimum absolute atomic E-state index is 0.0353. The Morgan fingerprint density at radius 2 is 2.00 bits per heavy atom. The van der Waals surface area contributed by atoms with Gasteiger partial charge in [-0.1, -0.05) is 6.07 Å². The number of amides is 2. The molecule has 2 N–H and O–H groups in total. The summed E-state index contributed by atoms with van der Waals surface area (Å²) in [5.41, 5.74) is 4.50. The SMILES string of the molecule is Cc1ccc(SCCC(=O)NCCOc2ccc3c(c2)CCC(=O)N3)cc1C. The zero-order valence-electron chi connectivity index (χ0n) is 16.3. The van der Waals surface area contributed by atoms with E-state index < -0.39 is 0 Å². The first-order valence-corrected chi connectivity index (χ1v) is 10.5. The van der Waals surface area contributed by atoms with E-state index in [4.69, 9.17) is 4.74 Å². The maximum Gasteiger partial charge on any atom is 0.224 e. The average Bonchev–Trinajstić information content (AvgIpc) is 2.68. The molecule has 0 aromatic heterocycles. The van der Waals surface area contributed by atoms with Crippen LogP contribution >= 0.6 is 11.8 Å². The minimum Gasteiger partial charge on any atom is -0.492 e. The van der Waals surface area contributed by atoms with Gasteiger partial charge in [0, 0.05) is 29.2 Å². The summed E-state index contributed by atoms with van der Waals surface area (Å²) in [4.78, 5) is 24.6. The molecule has 2 aromatic carbocycles. The molecule has 0 atom stereocenters. The van der Waals surface area contributed by atoms with Crippen LogP contribution in [0.3, 0.4) is 0 Å². The number of anilines is 1. The third-order valence-electron chi connectivity index (χ3n) is 4.74. The molecule has 3 rings (SSSR count). The fraction of sp³-hybridized carbons (Fsp3) is 0.364. The summed E-state index contributed by atoms with van der Waals surface area (Å²) in [5, 5.41) is 5.75. The third-order valence-corrected chi connectivity index (χ3v) is 5.74. The minimum atomic E-state index is 0.0353. The van der Waals surface area contributed by atoms with Crippen LogP contribution in [0.2, 0.25) is 0 Å². The number of rotatable bonds is 8. The Morgan fingerprint density at radius 1 is 1.14 bits per heavy atom. The molecular weight excluding hydrogens is 372 g/mol. The highest BCUT2D eigenvalue weighted by molar-refractivity contribution is 7.99. The molecule has 0 saturated carbocycles. The van der Waals surface area contributed by atoms with Gasteiger partial charge in [-0.3, -0.25) is 9.59 Å². The first-order chi connectivity index (χ1) is 13.5. The lowest BCUT2D eigenvalue weighted by Gasteiger charge is -2.17. The summed E-state index contributed by atoms with van der Waals surface area (Å²) in [7, 11) is 0. The van der Waals surface area contributed by atoms with Gasteiger partial charge in [0.15, 0.2) is 0 Å². The predicted octanol–water partition coefficient (Wildman–Crippen LogP) is 3.87.